The molecule has 2 N–H and O–H groups in total. The lowest BCUT2D eigenvalue weighted by Gasteiger charge is -2.13. The number of H-pyrrole nitrogens is 1. The van der Waals surface area contributed by atoms with Gasteiger partial charge in [0, 0.05) is 11.2 Å². The van der Waals surface area contributed by atoms with Crippen LogP contribution < -0.4 is 15.0 Å². The Morgan fingerprint density at radius 2 is 2.05 bits per heavy atom. The number of aromatic amines is 1. The van der Waals surface area contributed by atoms with Gasteiger partial charge in [-0.25, -0.2) is 0 Å². The second-order valence-corrected chi connectivity index (χ2v) is 5.02. The van der Waals surface area contributed by atoms with Crippen LogP contribution in [0.5, 0.6) is 17.4 Å². The van der Waals surface area contributed by atoms with Gasteiger partial charge in [0.1, 0.15) is 5.56 Å². The van der Waals surface area contributed by atoms with Gasteiger partial charge >= 0.3 is 0 Å². The Hall–Kier alpha value is -1.76. The van der Waals surface area contributed by atoms with Crippen molar-refractivity contribution in [3.8, 4) is 17.4 Å². The van der Waals surface area contributed by atoms with E-state index in [4.69, 9.17) is 9.47 Å². The number of halogens is 1. The number of hydrogen-bond acceptors (Lipinski definition) is 5. The monoisotopic (exact) mass is 359 g/mol. The number of Topliss-reactive ketones (excluding diaryl/α,β-unsaturated/α-hetero) is 1. The average molecular weight is 360 g/mol. The Labute approximate surface area is 130 Å². The summed E-state index contributed by atoms with van der Waals surface area (Å²) >= 11 is 3.24. The zero-order chi connectivity index (χ0) is 16.0. The summed E-state index contributed by atoms with van der Waals surface area (Å²) in [5.74, 6) is -1.48. The summed E-state index contributed by atoms with van der Waals surface area (Å²) in [4.78, 5) is 26.7. The highest BCUT2D eigenvalue weighted by Gasteiger charge is 2.26. The van der Waals surface area contributed by atoms with Crippen molar-refractivity contribution in [3.63, 3.8) is 0 Å². The third kappa shape index (κ3) is 3.87. The summed E-state index contributed by atoms with van der Waals surface area (Å²) in [5, 5.41) is 10.8. The number of nitrogens with one attached hydrogen (secondary N) is 1. The molecule has 0 aliphatic heterocycles. The quantitative estimate of drug-likeness (QED) is 0.442. The van der Waals surface area contributed by atoms with Gasteiger partial charge in [-0.3, -0.25) is 14.6 Å². The summed E-state index contributed by atoms with van der Waals surface area (Å²) < 4.78 is 9.88. The Morgan fingerprint density at radius 3 is 2.57 bits per heavy atom. The third-order valence-corrected chi connectivity index (χ3v) is 3.33. The van der Waals surface area contributed by atoms with E-state index >= 15 is 0 Å². The summed E-state index contributed by atoms with van der Waals surface area (Å²) in [6.45, 7) is 1.69. The maximum Gasteiger partial charge on any atom is 0.265 e. The van der Waals surface area contributed by atoms with Crippen LogP contribution in [-0.2, 0) is 0 Å². The lowest BCUT2D eigenvalue weighted by Crippen LogP contribution is -2.23. The molecule has 0 saturated carbocycles. The maximum absolute atomic E-state index is 12.3. The minimum absolute atomic E-state index is 0.0246. The van der Waals surface area contributed by atoms with E-state index in [0.29, 0.717) is 11.8 Å². The normalized spacial score (nSPS) is 12.4. The second-order valence-electron chi connectivity index (χ2n) is 4.37. The first kappa shape index (κ1) is 17.3. The molecule has 1 aromatic rings. The van der Waals surface area contributed by atoms with Crippen molar-refractivity contribution in [1.82, 2.24) is 4.98 Å². The topological polar surface area (TPSA) is 88.6 Å². The zero-order valence-electron chi connectivity index (χ0n) is 12.1. The lowest BCUT2D eigenvalue weighted by molar-refractivity contribution is 0.0925. The molecule has 7 heteroatoms. The molecule has 0 radical (unpaired) electrons. The van der Waals surface area contributed by atoms with Crippen molar-refractivity contribution < 1.29 is 19.4 Å². The van der Waals surface area contributed by atoms with Crippen LogP contribution in [0.3, 0.4) is 0 Å². The highest BCUT2D eigenvalue weighted by molar-refractivity contribution is 9.09. The number of aromatic nitrogens is 1. The van der Waals surface area contributed by atoms with Gasteiger partial charge < -0.3 is 14.6 Å². The van der Waals surface area contributed by atoms with Crippen LogP contribution >= 0.6 is 15.9 Å². The van der Waals surface area contributed by atoms with Gasteiger partial charge in [-0.05, 0) is 6.42 Å². The van der Waals surface area contributed by atoms with E-state index in [1.54, 1.807) is 6.92 Å². The lowest BCUT2D eigenvalue weighted by atomic mass is 9.96. The van der Waals surface area contributed by atoms with Gasteiger partial charge in [-0.2, -0.15) is 0 Å². The number of carbonyl (C=O) groups is 1. The number of ether oxygens (including phenoxy) is 2. The van der Waals surface area contributed by atoms with E-state index in [2.05, 4.69) is 20.9 Å². The minimum atomic E-state index is -0.702. The van der Waals surface area contributed by atoms with Gasteiger partial charge in [-0.15, -0.1) is 0 Å². The number of rotatable bonds is 7. The number of hydrogen-bond donors (Lipinski definition) is 2. The van der Waals surface area contributed by atoms with Crippen LogP contribution in [0.25, 0.3) is 0 Å². The number of alkyl halides is 1. The van der Waals surface area contributed by atoms with Crippen LogP contribution in [0.1, 0.15) is 23.7 Å². The average Bonchev–Trinajstić information content (AvgIpc) is 2.46. The number of carbonyl (C=O) groups excluding carboxylic acids is 1. The number of ketones is 1. The number of methoxy groups -OCH3 is 2. The fourth-order valence-corrected chi connectivity index (χ4v) is 2.09. The SMILES string of the molecule is COc1[nH]c(=O)c(C(=O)[C@@H](C)C/C=C/CBr)c(O)c1OC. The van der Waals surface area contributed by atoms with E-state index in [9.17, 15) is 14.7 Å². The first-order valence-electron chi connectivity index (χ1n) is 6.30. The smallest absolute Gasteiger partial charge is 0.265 e. The molecule has 6 nitrogen and oxygen atoms in total. The summed E-state index contributed by atoms with van der Waals surface area (Å²) in [6.07, 6.45) is 4.17. The molecule has 1 rings (SSSR count). The number of pyridine rings is 1. The van der Waals surface area contributed by atoms with E-state index in [0.717, 1.165) is 0 Å². The fourth-order valence-electron chi connectivity index (χ4n) is 1.83. The molecular formula is C14H18BrNO5. The van der Waals surface area contributed by atoms with Crippen LogP contribution in [0.2, 0.25) is 0 Å². The molecule has 0 spiro atoms. The zero-order valence-corrected chi connectivity index (χ0v) is 13.7. The minimum Gasteiger partial charge on any atom is -0.503 e. The van der Waals surface area contributed by atoms with Crippen molar-refractivity contribution in [2.75, 3.05) is 19.5 Å². The Kier molecular flexibility index (Phi) is 6.48. The van der Waals surface area contributed by atoms with Gasteiger partial charge in [-0.1, -0.05) is 35.0 Å². The summed E-state index contributed by atoms with van der Waals surface area (Å²) in [7, 11) is 2.63. The standard InChI is InChI=1S/C14H18BrNO5/c1-8(6-4-5-7-15)10(17)9-11(18)12(20-2)14(21-3)16-13(9)19/h4-5,8H,6-7H2,1-3H3,(H2,16,18,19)/b5-4+/t8-/m0/s1. The highest BCUT2D eigenvalue weighted by atomic mass is 79.9. The summed E-state index contributed by atoms with van der Waals surface area (Å²) in [6, 6.07) is 0. The molecule has 116 valence electrons. The second kappa shape index (κ2) is 7.87. The van der Waals surface area contributed by atoms with Crippen molar-refractivity contribution in [1.29, 1.82) is 0 Å². The molecule has 0 amide bonds. The van der Waals surface area contributed by atoms with Crippen LogP contribution in [0.15, 0.2) is 16.9 Å². The Bertz CT molecular complexity index is 594. The first-order valence-corrected chi connectivity index (χ1v) is 7.42. The molecule has 0 aliphatic rings. The van der Waals surface area contributed by atoms with Crippen molar-refractivity contribution in [2.24, 2.45) is 5.92 Å². The van der Waals surface area contributed by atoms with Gasteiger partial charge in [0.25, 0.3) is 5.56 Å². The Morgan fingerprint density at radius 1 is 1.38 bits per heavy atom. The van der Waals surface area contributed by atoms with Crippen molar-refractivity contribution in [3.05, 3.63) is 28.1 Å². The molecular weight excluding hydrogens is 342 g/mol. The first-order chi connectivity index (χ1) is 9.97. The molecule has 1 atom stereocenters. The van der Waals surface area contributed by atoms with E-state index < -0.39 is 23.0 Å². The molecule has 21 heavy (non-hydrogen) atoms. The predicted molar refractivity (Wildman–Crippen MR) is 82.9 cm³/mol. The van der Waals surface area contributed by atoms with Crippen LogP contribution in [0, 0.1) is 5.92 Å². The van der Waals surface area contributed by atoms with Crippen LogP contribution in [0.4, 0.5) is 0 Å². The number of aromatic hydroxyl groups is 1. The molecule has 1 aromatic heterocycles. The van der Waals surface area contributed by atoms with E-state index in [-0.39, 0.29) is 17.2 Å². The van der Waals surface area contributed by atoms with Gasteiger partial charge in [0.05, 0.1) is 14.2 Å². The number of allylic oxidation sites excluding steroid dienone is 2. The molecule has 0 aromatic carbocycles. The van der Waals surface area contributed by atoms with E-state index in [1.165, 1.54) is 14.2 Å². The molecule has 0 fully saturated rings. The summed E-state index contributed by atoms with van der Waals surface area (Å²) in [5.41, 5.74) is -1.01. The predicted octanol–water partition coefficient (Wildman–Crippen LogP) is 2.26. The largest absolute Gasteiger partial charge is 0.503 e. The molecule has 1 heterocycles. The molecule has 0 bridgehead atoms. The molecule has 0 aliphatic carbocycles. The van der Waals surface area contributed by atoms with Crippen molar-refractivity contribution in [2.45, 2.75) is 13.3 Å². The molecule has 0 saturated heterocycles. The highest BCUT2D eigenvalue weighted by Crippen LogP contribution is 2.36. The third-order valence-electron chi connectivity index (χ3n) is 2.96. The van der Waals surface area contributed by atoms with Crippen molar-refractivity contribution >= 4 is 21.7 Å². The molecule has 0 unspecified atom stereocenters. The van der Waals surface area contributed by atoms with E-state index in [1.807, 2.05) is 12.2 Å². The van der Waals surface area contributed by atoms with Gasteiger partial charge in [0.2, 0.25) is 11.6 Å². The fraction of sp³-hybridized carbons (Fsp3) is 0.429. The van der Waals surface area contributed by atoms with Crippen LogP contribution in [-0.4, -0.2) is 35.4 Å². The van der Waals surface area contributed by atoms with Gasteiger partial charge in [0.15, 0.2) is 11.5 Å². The maximum atomic E-state index is 12.3. The Balaban J connectivity index is 3.21.